The molecule has 2 amide bonds. The lowest BCUT2D eigenvalue weighted by atomic mass is 9.90. The minimum atomic E-state index is -3.91. The number of fused-ring (bicyclic) bond motifs is 1. The Labute approximate surface area is 158 Å². The normalized spacial score (nSPS) is 24.1. The van der Waals surface area contributed by atoms with Crippen molar-refractivity contribution in [3.63, 3.8) is 0 Å². The number of carbonyl (C=O) groups is 2. The zero-order valence-corrected chi connectivity index (χ0v) is 15.8. The highest BCUT2D eigenvalue weighted by Crippen LogP contribution is 2.31. The smallest absolute Gasteiger partial charge is 0.408 e. The molecule has 1 saturated carbocycles. The molecule has 1 saturated heterocycles. The molecule has 27 heavy (non-hydrogen) atoms. The summed E-state index contributed by atoms with van der Waals surface area (Å²) >= 11 is 0.943. The van der Waals surface area contributed by atoms with E-state index in [9.17, 15) is 22.8 Å². The maximum Gasteiger partial charge on any atom is 0.417 e. The van der Waals surface area contributed by atoms with Crippen molar-refractivity contribution in [2.45, 2.75) is 42.7 Å². The first-order chi connectivity index (χ1) is 12.8. The molecule has 1 aliphatic heterocycles. The summed E-state index contributed by atoms with van der Waals surface area (Å²) in [6.45, 7) is 0. The third kappa shape index (κ3) is 3.42. The van der Waals surface area contributed by atoms with Gasteiger partial charge >= 0.3 is 5.76 Å². The number of carbonyl (C=O) groups excluding carboxylic acids is 2. The van der Waals surface area contributed by atoms with Crippen LogP contribution in [0.15, 0.2) is 32.3 Å². The molecule has 2 fully saturated rings. The molecular formula is C16H17N3O6S2. The number of H-pyrrole nitrogens is 1. The summed E-state index contributed by atoms with van der Waals surface area (Å²) in [6, 6.07) is 3.05. The Hall–Kier alpha value is -2.11. The maximum absolute atomic E-state index is 12.8. The first kappa shape index (κ1) is 18.3. The summed E-state index contributed by atoms with van der Waals surface area (Å²) in [5, 5.41) is -0.325. The topological polar surface area (TPSA) is 130 Å². The Morgan fingerprint density at radius 3 is 2.70 bits per heavy atom. The molecule has 2 atom stereocenters. The van der Waals surface area contributed by atoms with E-state index >= 15 is 0 Å². The van der Waals surface area contributed by atoms with Gasteiger partial charge in [0.15, 0.2) is 5.58 Å². The Morgan fingerprint density at radius 1 is 1.19 bits per heavy atom. The number of aromatic amines is 1. The molecule has 2 aromatic rings. The van der Waals surface area contributed by atoms with Crippen LogP contribution < -0.4 is 10.5 Å². The zero-order valence-electron chi connectivity index (χ0n) is 14.1. The van der Waals surface area contributed by atoms with Gasteiger partial charge in [0.2, 0.25) is 15.9 Å². The van der Waals surface area contributed by atoms with Crippen LogP contribution in [0.5, 0.6) is 0 Å². The van der Waals surface area contributed by atoms with Crippen LogP contribution in [-0.4, -0.2) is 47.3 Å². The van der Waals surface area contributed by atoms with Crippen LogP contribution in [0.1, 0.15) is 25.7 Å². The van der Waals surface area contributed by atoms with Crippen molar-refractivity contribution in [3.8, 4) is 0 Å². The predicted molar refractivity (Wildman–Crippen MR) is 97.9 cm³/mol. The zero-order chi connectivity index (χ0) is 19.2. The Morgan fingerprint density at radius 2 is 1.96 bits per heavy atom. The quantitative estimate of drug-likeness (QED) is 0.778. The van der Waals surface area contributed by atoms with Gasteiger partial charge in [0, 0.05) is 6.04 Å². The molecule has 2 aliphatic rings. The van der Waals surface area contributed by atoms with Crippen molar-refractivity contribution >= 4 is 44.0 Å². The highest BCUT2D eigenvalue weighted by molar-refractivity contribution is 8.14. The number of nitrogens with one attached hydrogen (secondary N) is 2. The van der Waals surface area contributed by atoms with Crippen LogP contribution in [0.2, 0.25) is 0 Å². The van der Waals surface area contributed by atoms with Gasteiger partial charge in [-0.1, -0.05) is 24.6 Å². The van der Waals surface area contributed by atoms with Gasteiger partial charge in [-0.2, -0.15) is 0 Å². The van der Waals surface area contributed by atoms with E-state index in [0.29, 0.717) is 12.8 Å². The molecule has 0 unspecified atom stereocenters. The van der Waals surface area contributed by atoms with Gasteiger partial charge in [-0.05, 0) is 31.0 Å². The molecule has 144 valence electrons. The number of benzene rings is 1. The predicted octanol–water partition coefficient (Wildman–Crippen LogP) is 1.41. The molecule has 0 spiro atoms. The first-order valence-electron chi connectivity index (χ1n) is 8.49. The van der Waals surface area contributed by atoms with Gasteiger partial charge in [0.25, 0.3) is 5.24 Å². The largest absolute Gasteiger partial charge is 0.417 e. The fourth-order valence-corrected chi connectivity index (χ4v) is 5.70. The van der Waals surface area contributed by atoms with E-state index in [2.05, 4.69) is 9.71 Å². The maximum atomic E-state index is 12.8. The van der Waals surface area contributed by atoms with Gasteiger partial charge in [0.1, 0.15) is 0 Å². The Kier molecular flexibility index (Phi) is 4.60. The summed E-state index contributed by atoms with van der Waals surface area (Å²) in [7, 11) is -3.91. The minimum Gasteiger partial charge on any atom is -0.408 e. The number of imide groups is 1. The molecule has 1 aromatic carbocycles. The van der Waals surface area contributed by atoms with E-state index < -0.39 is 27.9 Å². The van der Waals surface area contributed by atoms with Crippen LogP contribution in [0.25, 0.3) is 11.1 Å². The van der Waals surface area contributed by atoms with Gasteiger partial charge in [-0.25, -0.2) is 17.9 Å². The third-order valence-corrected chi connectivity index (χ3v) is 7.18. The summed E-state index contributed by atoms with van der Waals surface area (Å²) in [5.74, 6) is -0.846. The molecule has 0 bridgehead atoms. The molecule has 2 heterocycles. The monoisotopic (exact) mass is 411 g/mol. The second-order valence-electron chi connectivity index (χ2n) is 6.57. The van der Waals surface area contributed by atoms with E-state index in [1.807, 2.05) is 0 Å². The number of amides is 2. The van der Waals surface area contributed by atoms with Gasteiger partial charge in [-0.3, -0.25) is 19.5 Å². The minimum absolute atomic E-state index is 0.0233. The SMILES string of the molecule is O=C1CSC(=O)N1[C@@H]1CCCC[C@H]1NS(=O)(=O)c1ccc2oc(=O)[nH]c2c1. The highest BCUT2D eigenvalue weighted by Gasteiger charge is 2.42. The van der Waals surface area contributed by atoms with Crippen LogP contribution >= 0.6 is 11.8 Å². The van der Waals surface area contributed by atoms with E-state index in [0.717, 1.165) is 24.6 Å². The summed E-state index contributed by atoms with van der Waals surface area (Å²) < 4.78 is 33.2. The summed E-state index contributed by atoms with van der Waals surface area (Å²) in [5.41, 5.74) is 0.546. The number of thioether (sulfide) groups is 1. The van der Waals surface area contributed by atoms with Crippen LogP contribution in [0, 0.1) is 0 Å². The van der Waals surface area contributed by atoms with Gasteiger partial charge in [-0.15, -0.1) is 0 Å². The molecule has 1 aromatic heterocycles. The van der Waals surface area contributed by atoms with Crippen molar-refractivity contribution < 1.29 is 22.4 Å². The van der Waals surface area contributed by atoms with Crippen LogP contribution in [0.3, 0.4) is 0 Å². The second-order valence-corrected chi connectivity index (χ2v) is 9.21. The Balaban J connectivity index is 1.62. The van der Waals surface area contributed by atoms with Crippen molar-refractivity contribution in [1.82, 2.24) is 14.6 Å². The lowest BCUT2D eigenvalue weighted by Gasteiger charge is -2.36. The van der Waals surface area contributed by atoms with Crippen LogP contribution in [-0.2, 0) is 14.8 Å². The summed E-state index contributed by atoms with van der Waals surface area (Å²) in [4.78, 5) is 39.0. The van der Waals surface area contributed by atoms with Crippen molar-refractivity contribution in [2.24, 2.45) is 0 Å². The van der Waals surface area contributed by atoms with Crippen molar-refractivity contribution in [1.29, 1.82) is 0 Å². The van der Waals surface area contributed by atoms with Crippen molar-refractivity contribution in [3.05, 3.63) is 28.7 Å². The number of sulfonamides is 1. The lowest BCUT2D eigenvalue weighted by Crippen LogP contribution is -2.54. The fraction of sp³-hybridized carbons (Fsp3) is 0.438. The number of oxazole rings is 1. The Bertz CT molecular complexity index is 1060. The standard InChI is InChI=1S/C16H17N3O6S2/c20-14-8-26-16(22)19(14)12-4-2-1-3-10(12)18-27(23,24)9-5-6-13-11(7-9)17-15(21)25-13/h5-7,10,12,18H,1-4,8H2,(H,17,21)/t10-,12-/m1/s1. The lowest BCUT2D eigenvalue weighted by molar-refractivity contribution is -0.127. The number of aromatic nitrogens is 1. The number of hydrogen-bond acceptors (Lipinski definition) is 7. The average molecular weight is 411 g/mol. The molecule has 9 nitrogen and oxygen atoms in total. The second kappa shape index (κ2) is 6.80. The van der Waals surface area contributed by atoms with Crippen molar-refractivity contribution in [2.75, 3.05) is 5.75 Å². The number of rotatable bonds is 4. The van der Waals surface area contributed by atoms with E-state index in [-0.39, 0.29) is 32.9 Å². The van der Waals surface area contributed by atoms with Gasteiger partial charge in [0.05, 0.1) is 22.2 Å². The third-order valence-electron chi connectivity index (χ3n) is 4.85. The van der Waals surface area contributed by atoms with E-state index in [4.69, 9.17) is 4.42 Å². The fourth-order valence-electron chi connectivity index (χ4n) is 3.61. The molecule has 4 rings (SSSR count). The molecule has 11 heteroatoms. The molecule has 0 radical (unpaired) electrons. The van der Waals surface area contributed by atoms with E-state index in [1.54, 1.807) is 0 Å². The first-order valence-corrected chi connectivity index (χ1v) is 11.0. The highest BCUT2D eigenvalue weighted by atomic mass is 32.2. The summed E-state index contributed by atoms with van der Waals surface area (Å²) in [6.07, 6.45) is 2.74. The van der Waals surface area contributed by atoms with Gasteiger partial charge < -0.3 is 4.42 Å². The number of nitrogens with zero attached hydrogens (tertiary/aromatic N) is 1. The molecule has 2 N–H and O–H groups in total. The molecule has 1 aliphatic carbocycles. The average Bonchev–Trinajstić information content (AvgIpc) is 3.15. The molecular weight excluding hydrogens is 394 g/mol. The van der Waals surface area contributed by atoms with Crippen LogP contribution in [0.4, 0.5) is 4.79 Å². The van der Waals surface area contributed by atoms with E-state index in [1.165, 1.54) is 23.1 Å². The number of hydrogen-bond donors (Lipinski definition) is 2.